The lowest BCUT2D eigenvalue weighted by Crippen LogP contribution is -2.52. The second-order valence-corrected chi connectivity index (χ2v) is 8.48. The van der Waals surface area contributed by atoms with Crippen molar-refractivity contribution in [1.29, 1.82) is 0 Å². The number of benzene rings is 2. The second kappa shape index (κ2) is 11.0. The lowest BCUT2D eigenvalue weighted by Gasteiger charge is -2.31. The molecular weight excluding hydrogens is 388 g/mol. The predicted molar refractivity (Wildman–Crippen MR) is 123 cm³/mol. The fourth-order valence-electron chi connectivity index (χ4n) is 4.15. The van der Waals surface area contributed by atoms with Crippen molar-refractivity contribution >= 4 is 11.8 Å². The van der Waals surface area contributed by atoms with Crippen LogP contribution >= 0.6 is 0 Å². The molecule has 2 aromatic carbocycles. The van der Waals surface area contributed by atoms with Gasteiger partial charge < -0.3 is 15.0 Å². The van der Waals surface area contributed by atoms with Crippen LogP contribution in [0.15, 0.2) is 48.5 Å². The molecule has 0 saturated heterocycles. The first-order valence-electron chi connectivity index (χ1n) is 11.3. The van der Waals surface area contributed by atoms with E-state index in [1.54, 1.807) is 4.90 Å². The molecule has 0 aliphatic heterocycles. The molecule has 0 radical (unpaired) electrons. The number of ether oxygens (including phenoxy) is 1. The molecule has 2 aromatic rings. The highest BCUT2D eigenvalue weighted by Crippen LogP contribution is 2.21. The topological polar surface area (TPSA) is 58.6 Å². The highest BCUT2D eigenvalue weighted by atomic mass is 16.5. The smallest absolute Gasteiger partial charge is 0.261 e. The quantitative estimate of drug-likeness (QED) is 0.645. The van der Waals surface area contributed by atoms with E-state index in [2.05, 4.69) is 5.32 Å². The lowest BCUT2D eigenvalue weighted by atomic mass is 10.1. The zero-order valence-corrected chi connectivity index (χ0v) is 18.9. The van der Waals surface area contributed by atoms with E-state index in [0.29, 0.717) is 18.7 Å². The molecule has 0 aromatic heterocycles. The third-order valence-corrected chi connectivity index (χ3v) is 5.98. The lowest BCUT2D eigenvalue weighted by molar-refractivity contribution is -0.143. The monoisotopic (exact) mass is 422 g/mol. The Balaban J connectivity index is 1.75. The first-order valence-corrected chi connectivity index (χ1v) is 11.3. The minimum absolute atomic E-state index is 0.0644. The maximum absolute atomic E-state index is 13.3. The average Bonchev–Trinajstić information content (AvgIpc) is 3.27. The first-order chi connectivity index (χ1) is 15.0. The van der Waals surface area contributed by atoms with Crippen molar-refractivity contribution in [3.63, 3.8) is 0 Å². The highest BCUT2D eigenvalue weighted by molar-refractivity contribution is 5.88. The Morgan fingerprint density at radius 1 is 1.10 bits per heavy atom. The largest absolute Gasteiger partial charge is 0.483 e. The number of rotatable bonds is 9. The summed E-state index contributed by atoms with van der Waals surface area (Å²) in [5, 5.41) is 3.17. The molecule has 166 valence electrons. The van der Waals surface area contributed by atoms with Gasteiger partial charge in [0, 0.05) is 12.6 Å². The Bertz CT molecular complexity index is 875. The van der Waals surface area contributed by atoms with Crippen LogP contribution in [0.25, 0.3) is 0 Å². The molecule has 1 atom stereocenters. The summed E-state index contributed by atoms with van der Waals surface area (Å²) in [6, 6.07) is 15.5. The van der Waals surface area contributed by atoms with Gasteiger partial charge in [-0.05, 0) is 55.9 Å². The van der Waals surface area contributed by atoms with Crippen molar-refractivity contribution in [2.24, 2.45) is 0 Å². The van der Waals surface area contributed by atoms with Gasteiger partial charge in [-0.2, -0.15) is 0 Å². The Morgan fingerprint density at radius 3 is 2.48 bits per heavy atom. The summed E-state index contributed by atoms with van der Waals surface area (Å²) in [6.07, 6.45) is 4.89. The van der Waals surface area contributed by atoms with Crippen molar-refractivity contribution < 1.29 is 14.3 Å². The van der Waals surface area contributed by atoms with Crippen LogP contribution in [-0.2, 0) is 16.1 Å². The van der Waals surface area contributed by atoms with Gasteiger partial charge in [-0.3, -0.25) is 9.59 Å². The van der Waals surface area contributed by atoms with E-state index in [1.807, 2.05) is 69.3 Å². The molecule has 3 rings (SSSR count). The molecule has 5 nitrogen and oxygen atoms in total. The van der Waals surface area contributed by atoms with E-state index in [4.69, 9.17) is 4.74 Å². The molecule has 0 spiro atoms. The van der Waals surface area contributed by atoms with Gasteiger partial charge in [0.25, 0.3) is 5.91 Å². The number of nitrogens with one attached hydrogen (secondary N) is 1. The standard InChI is InChI=1S/C26H34N2O3/c1-4-23(26(30)27-22-12-8-9-13-22)28(17-21-10-6-5-7-11-21)25(29)18-31-24-16-19(2)14-15-20(24)3/h5-7,10-11,14-16,22-23H,4,8-9,12-13,17-18H2,1-3H3,(H,27,30). The third kappa shape index (κ3) is 6.33. The van der Waals surface area contributed by atoms with Crippen molar-refractivity contribution in [3.8, 4) is 5.75 Å². The number of hydrogen-bond donors (Lipinski definition) is 1. The van der Waals surface area contributed by atoms with Crippen molar-refractivity contribution in [1.82, 2.24) is 10.2 Å². The maximum atomic E-state index is 13.3. The maximum Gasteiger partial charge on any atom is 0.261 e. The fraction of sp³-hybridized carbons (Fsp3) is 0.462. The zero-order chi connectivity index (χ0) is 22.2. The van der Waals surface area contributed by atoms with Crippen molar-refractivity contribution in [2.75, 3.05) is 6.61 Å². The van der Waals surface area contributed by atoms with Crippen molar-refractivity contribution in [3.05, 3.63) is 65.2 Å². The zero-order valence-electron chi connectivity index (χ0n) is 18.9. The van der Waals surface area contributed by atoms with Crippen LogP contribution in [0.3, 0.4) is 0 Å². The first kappa shape index (κ1) is 22.9. The van der Waals surface area contributed by atoms with Gasteiger partial charge in [0.05, 0.1) is 0 Å². The molecule has 1 aliphatic rings. The molecule has 5 heteroatoms. The van der Waals surface area contributed by atoms with Crippen LogP contribution in [0.4, 0.5) is 0 Å². The Labute approximate surface area is 185 Å². The van der Waals surface area contributed by atoms with Gasteiger partial charge >= 0.3 is 0 Å². The molecule has 1 N–H and O–H groups in total. The summed E-state index contributed by atoms with van der Waals surface area (Å²) in [4.78, 5) is 28.0. The Morgan fingerprint density at radius 2 is 1.81 bits per heavy atom. The van der Waals surface area contributed by atoms with Crippen LogP contribution in [0.5, 0.6) is 5.75 Å². The molecule has 1 fully saturated rings. The number of nitrogens with zero attached hydrogens (tertiary/aromatic N) is 1. The van der Waals surface area contributed by atoms with Gasteiger partial charge in [-0.25, -0.2) is 0 Å². The van der Waals surface area contributed by atoms with Gasteiger partial charge in [-0.15, -0.1) is 0 Å². The predicted octanol–water partition coefficient (Wildman–Crippen LogP) is 4.55. The summed E-state index contributed by atoms with van der Waals surface area (Å²) >= 11 is 0. The summed E-state index contributed by atoms with van der Waals surface area (Å²) in [5.74, 6) is 0.458. The number of carbonyl (C=O) groups is 2. The molecule has 1 saturated carbocycles. The average molecular weight is 423 g/mol. The summed E-state index contributed by atoms with van der Waals surface area (Å²) < 4.78 is 5.88. The van der Waals surface area contributed by atoms with Crippen molar-refractivity contribution in [2.45, 2.75) is 71.5 Å². The van der Waals surface area contributed by atoms with E-state index < -0.39 is 6.04 Å². The van der Waals surface area contributed by atoms with Crippen LogP contribution in [0, 0.1) is 13.8 Å². The van der Waals surface area contributed by atoms with E-state index >= 15 is 0 Å². The summed E-state index contributed by atoms with van der Waals surface area (Å²) in [5.41, 5.74) is 3.06. The molecular formula is C26H34N2O3. The van der Waals surface area contributed by atoms with Gasteiger partial charge in [0.15, 0.2) is 6.61 Å². The third-order valence-electron chi connectivity index (χ3n) is 5.98. The summed E-state index contributed by atoms with van der Waals surface area (Å²) in [7, 11) is 0. The van der Waals surface area contributed by atoms with E-state index in [1.165, 1.54) is 0 Å². The van der Waals surface area contributed by atoms with Gasteiger partial charge in [0.1, 0.15) is 11.8 Å². The fourth-order valence-corrected chi connectivity index (χ4v) is 4.15. The number of hydrogen-bond acceptors (Lipinski definition) is 3. The molecule has 1 unspecified atom stereocenters. The van der Waals surface area contributed by atoms with E-state index in [-0.39, 0.29) is 24.5 Å². The van der Waals surface area contributed by atoms with E-state index in [9.17, 15) is 9.59 Å². The molecule has 0 heterocycles. The Hall–Kier alpha value is -2.82. The highest BCUT2D eigenvalue weighted by Gasteiger charge is 2.30. The number of amides is 2. The number of aryl methyl sites for hydroxylation is 2. The SMILES string of the molecule is CCC(C(=O)NC1CCCC1)N(Cc1ccccc1)C(=O)COc1cc(C)ccc1C. The Kier molecular flexibility index (Phi) is 8.10. The summed E-state index contributed by atoms with van der Waals surface area (Å²) in [6.45, 7) is 6.20. The van der Waals surface area contributed by atoms with E-state index in [0.717, 1.165) is 42.4 Å². The number of carbonyl (C=O) groups excluding carboxylic acids is 2. The second-order valence-electron chi connectivity index (χ2n) is 8.48. The van der Waals surface area contributed by atoms with Crippen LogP contribution in [0.2, 0.25) is 0 Å². The van der Waals surface area contributed by atoms with Crippen LogP contribution < -0.4 is 10.1 Å². The molecule has 2 amide bonds. The molecule has 1 aliphatic carbocycles. The van der Waals surface area contributed by atoms with Gasteiger partial charge in [-0.1, -0.05) is 62.2 Å². The normalized spacial score (nSPS) is 14.8. The molecule has 31 heavy (non-hydrogen) atoms. The van der Waals surface area contributed by atoms with Crippen LogP contribution in [0.1, 0.15) is 55.7 Å². The minimum atomic E-state index is -0.518. The minimum Gasteiger partial charge on any atom is -0.483 e. The van der Waals surface area contributed by atoms with Gasteiger partial charge in [0.2, 0.25) is 5.91 Å². The molecule has 0 bridgehead atoms. The van der Waals surface area contributed by atoms with Crippen LogP contribution in [-0.4, -0.2) is 35.4 Å².